The number of aromatic nitrogens is 5. The number of ether oxygens (including phenoxy) is 3. The van der Waals surface area contributed by atoms with Gasteiger partial charge in [-0.1, -0.05) is 88.1 Å². The molecule has 1 saturated heterocycles. The molecule has 49 heteroatoms. The second-order valence-corrected chi connectivity index (χ2v) is 34.5. The van der Waals surface area contributed by atoms with Crippen molar-refractivity contribution in [3.63, 3.8) is 0 Å². The Morgan fingerprint density at radius 2 is 1.38 bits per heavy atom. The summed E-state index contributed by atoms with van der Waals surface area (Å²) in [5.74, 6) is -18.8. The maximum absolute atomic E-state index is 15.0. The number of nitrogen functional groups attached to an aromatic ring is 1. The van der Waals surface area contributed by atoms with E-state index in [1.54, 1.807) is 19.1 Å². The summed E-state index contributed by atoms with van der Waals surface area (Å²) >= 11 is 0.994. The van der Waals surface area contributed by atoms with Gasteiger partial charge in [-0.25, -0.2) is 34.8 Å². The predicted molar refractivity (Wildman–Crippen MR) is 472 cm³/mol. The number of carbonyl (C=O) groups is 16. The maximum atomic E-state index is 15.0. The van der Waals surface area contributed by atoms with E-state index in [1.807, 2.05) is 39.6 Å². The third-order valence-electron chi connectivity index (χ3n) is 20.4. The van der Waals surface area contributed by atoms with Crippen molar-refractivity contribution in [2.75, 3.05) is 56.0 Å². The lowest BCUT2D eigenvalue weighted by molar-refractivity contribution is -0.160. The second kappa shape index (κ2) is 53.0. The van der Waals surface area contributed by atoms with E-state index < -0.39 is 212 Å². The van der Waals surface area contributed by atoms with Crippen LogP contribution in [0.3, 0.4) is 0 Å². The monoisotopic (exact) mass is 1880 g/mol. The number of anilines is 2. The number of rotatable bonds is 53. The molecule has 0 radical (unpaired) electrons. The molecule has 6 rings (SSSR count). The Labute approximate surface area is 758 Å². The van der Waals surface area contributed by atoms with Gasteiger partial charge in [0.2, 0.25) is 47.3 Å². The molecule has 22 N–H and O–H groups in total. The number of carbonyl (C=O) groups excluding carboxylic acids is 12. The Kier molecular flexibility index (Phi) is 43.1. The topological polar surface area (TPSA) is 701 Å². The predicted octanol–water partition coefficient (Wildman–Crippen LogP) is 1.64. The minimum absolute atomic E-state index is 0.0149. The van der Waals surface area contributed by atoms with E-state index in [-0.39, 0.29) is 114 Å². The number of guanidine groups is 1. The average Bonchev–Trinajstić information content (AvgIpc) is 0.895. The number of phenols is 1. The van der Waals surface area contributed by atoms with Crippen molar-refractivity contribution < 1.29 is 116 Å². The minimum Gasteiger partial charge on any atom is -0.508 e. The average molecular weight is 1880 g/mol. The smallest absolute Gasteiger partial charge is 0.426 e. The van der Waals surface area contributed by atoms with Crippen LogP contribution in [0.15, 0.2) is 64.9 Å². The van der Waals surface area contributed by atoms with E-state index >= 15 is 4.79 Å². The molecule has 10 amide bonds. The summed E-state index contributed by atoms with van der Waals surface area (Å²) in [6.07, 6.45) is -1.67. The first kappa shape index (κ1) is 106. The number of fused-ring (bicyclic) bond motifs is 1. The number of carboxylic acid groups (broad SMARTS) is 4. The van der Waals surface area contributed by atoms with Crippen molar-refractivity contribution in [1.29, 1.82) is 5.41 Å². The Morgan fingerprint density at radius 1 is 0.731 bits per heavy atom. The van der Waals surface area contributed by atoms with Crippen LogP contribution in [-0.4, -0.2) is 261 Å². The summed E-state index contributed by atoms with van der Waals surface area (Å²) in [4.78, 5) is 248. The van der Waals surface area contributed by atoms with E-state index in [4.69, 9.17) is 31.1 Å². The van der Waals surface area contributed by atoms with Crippen molar-refractivity contribution in [2.24, 2.45) is 23.5 Å². The summed E-state index contributed by atoms with van der Waals surface area (Å²) in [6, 6.07) is -0.702. The van der Waals surface area contributed by atoms with Gasteiger partial charge >= 0.3 is 41.9 Å². The Hall–Kier alpha value is -13.1. The van der Waals surface area contributed by atoms with Gasteiger partial charge < -0.3 is 104 Å². The SMILES string of the molecule is CCCC(=O)OCN(C(=O)[C@@H](NC(=O)[C@H]1CCCCN1C)C(C)CC)[C@H](C[C@@H](OC(C)=O)c1nc(C(=O)N[C@@H](Cc2ccc(O)cc2)C[C@H](C)C(=O)NNC(=O)OCCSSC[C@H](NC(=O)[C@H](CC(=O)O)NC(=O)[C@H](CCCNC(=N)N)NC(=O)[C@H](CC(=O)O)NC(=O)CC[C@H](NC(=O)c2ccc(NCc3cnc4nc(N)[nH]c(=O)c4n3)cc2)C(=O)O)C(=O)O)cs1)C(C)C. The van der Waals surface area contributed by atoms with E-state index in [0.717, 1.165) is 45.8 Å². The van der Waals surface area contributed by atoms with Crippen molar-refractivity contribution in [3.8, 4) is 5.75 Å². The number of nitrogens with zero attached hydrogens (tertiary/aromatic N) is 6. The first-order valence-electron chi connectivity index (χ1n) is 41.6. The molecule has 0 saturated carbocycles. The number of aromatic amines is 1. The third-order valence-corrected chi connectivity index (χ3v) is 23.7. The lowest BCUT2D eigenvalue weighted by Gasteiger charge is -2.39. The molecule has 1 aliphatic heterocycles. The van der Waals surface area contributed by atoms with Crippen molar-refractivity contribution in [2.45, 2.75) is 212 Å². The summed E-state index contributed by atoms with van der Waals surface area (Å²) in [5.41, 5.74) is 16.0. The quantitative estimate of drug-likeness (QED) is 0.00384. The summed E-state index contributed by atoms with van der Waals surface area (Å²) in [5, 5.41) is 81.4. The number of benzene rings is 2. The Bertz CT molecular complexity index is 4860. The van der Waals surface area contributed by atoms with Crippen LogP contribution < -0.4 is 75.7 Å². The van der Waals surface area contributed by atoms with Crippen LogP contribution in [0.25, 0.3) is 11.2 Å². The number of likely N-dealkylation sites (tertiary alicyclic amines) is 1. The summed E-state index contributed by atoms with van der Waals surface area (Å²) in [7, 11) is 3.66. The number of hydrogen-bond acceptors (Lipinski definition) is 32. The molecule has 1 fully saturated rings. The number of hydrazine groups is 1. The fourth-order valence-electron chi connectivity index (χ4n) is 13.3. The van der Waals surface area contributed by atoms with Crippen LogP contribution in [0.2, 0.25) is 0 Å². The molecule has 0 aliphatic carbocycles. The molecule has 0 bridgehead atoms. The highest BCUT2D eigenvalue weighted by Crippen LogP contribution is 2.33. The number of likely N-dealkylation sites (N-methyl/N-ethyl adjacent to an activating group) is 1. The van der Waals surface area contributed by atoms with Gasteiger partial charge in [0.05, 0.1) is 37.3 Å². The fourth-order valence-corrected chi connectivity index (χ4v) is 16.1. The number of H-pyrrole nitrogens is 1. The number of nitrogens with one attached hydrogen (secondary N) is 13. The van der Waals surface area contributed by atoms with Crippen LogP contribution in [0, 0.1) is 23.2 Å². The third kappa shape index (κ3) is 35.5. The Morgan fingerprint density at radius 3 is 2.01 bits per heavy atom. The number of aliphatic carboxylic acids is 4. The van der Waals surface area contributed by atoms with E-state index in [0.29, 0.717) is 42.8 Å². The number of carboxylic acids is 4. The molecule has 130 heavy (non-hydrogen) atoms. The van der Waals surface area contributed by atoms with Gasteiger partial charge in [-0.15, -0.1) is 11.3 Å². The van der Waals surface area contributed by atoms with E-state index in [2.05, 4.69) is 83.6 Å². The van der Waals surface area contributed by atoms with Crippen LogP contribution in [-0.2, 0) is 89.5 Å². The molecular weight excluding hydrogens is 1760 g/mol. The Balaban J connectivity index is 1.01. The lowest BCUT2D eigenvalue weighted by Crippen LogP contribution is -2.59. The molecule has 1 aliphatic rings. The maximum Gasteiger partial charge on any atom is 0.426 e. The van der Waals surface area contributed by atoms with Gasteiger partial charge in [-0.2, -0.15) is 4.98 Å². The number of phenolic OH excluding ortho intramolecular Hbond substituents is 1. The van der Waals surface area contributed by atoms with Crippen molar-refractivity contribution in [1.82, 2.24) is 88.1 Å². The van der Waals surface area contributed by atoms with Gasteiger partial charge in [0.1, 0.15) is 59.3 Å². The molecule has 5 aromatic rings. The van der Waals surface area contributed by atoms with Gasteiger partial charge in [0.15, 0.2) is 30.0 Å². The van der Waals surface area contributed by atoms with Crippen LogP contribution in [0.5, 0.6) is 5.75 Å². The molecular formula is C81H113N21O25S3. The molecule has 12 atom stereocenters. The summed E-state index contributed by atoms with van der Waals surface area (Å²) in [6.45, 7) is 11.7. The zero-order chi connectivity index (χ0) is 96.0. The largest absolute Gasteiger partial charge is 0.508 e. The summed E-state index contributed by atoms with van der Waals surface area (Å²) < 4.78 is 16.8. The fraction of sp³-hybridized carbons (Fsp3) is 0.531. The number of amides is 10. The first-order chi connectivity index (χ1) is 61.6. The molecule has 2 aromatic carbocycles. The molecule has 4 heterocycles. The highest BCUT2D eigenvalue weighted by molar-refractivity contribution is 8.76. The van der Waals surface area contributed by atoms with Crippen molar-refractivity contribution >= 4 is 157 Å². The van der Waals surface area contributed by atoms with Crippen LogP contribution in [0.1, 0.15) is 182 Å². The number of thiazole rings is 1. The minimum atomic E-state index is -2.05. The van der Waals surface area contributed by atoms with Crippen LogP contribution in [0.4, 0.5) is 16.4 Å². The standard InChI is InChI=1S/C81H113N21O25S3/c1-9-14-63(110)126-40-102(76(119)64(42(5)10-2)96-73(117)57-16-11-12-28-101(57)8)58(41(3)4)35-59(127-44(7)103)75-95-55(38-128-75)72(116)89-48(32-45-17-23-50(104)24-18-45)31-43(6)67(111)99-100-81(124)125-29-30-129-130-39-56(78(122)123)94-71(115)54(34-62(108)109)93-69(113)51(15-13-27-85-79(82)83)91-70(114)53(33-61(106)107)90-60(105)26-25-52(77(120)121)92-68(112)46-19-21-47(22-20-46)86-36-49-37-87-66-65(88-49)74(118)98-80(84)97-66/h17-24,37-38,41-43,48,51-54,56-59,64,86,104H,9-16,25-36,39-40H2,1-8H3,(H,89,116)(H,90,105)(H,91,114)(H,92,112)(H,93,113)(H,94,115)(H,96,117)(H,99,111)(H,100,124)(H,106,107)(H,108,109)(H,120,121)(H,122,123)(H4,82,83,85)(H3,84,87,97,98,118)/t42?,43-,48+,51-,52-,53-,54-,56-,57+,58+,59+,64-/m0/s1. The van der Waals surface area contributed by atoms with Gasteiger partial charge in [0.25, 0.3) is 17.4 Å². The van der Waals surface area contributed by atoms with E-state index in [1.165, 1.54) is 66.7 Å². The highest BCUT2D eigenvalue weighted by atomic mass is 33.1. The van der Waals surface area contributed by atoms with Gasteiger partial charge in [0, 0.05) is 78.9 Å². The number of aromatic hydroxyl groups is 1. The number of esters is 2. The molecule has 3 aromatic heterocycles. The lowest BCUT2D eigenvalue weighted by atomic mass is 9.92. The molecule has 46 nitrogen and oxygen atoms in total. The van der Waals surface area contributed by atoms with Crippen LogP contribution >= 0.6 is 32.9 Å². The number of nitrogens with two attached hydrogens (primary N) is 2. The number of piperidine rings is 1. The molecule has 0 spiro atoms. The van der Waals surface area contributed by atoms with Crippen molar-refractivity contribution in [3.05, 3.63) is 98.0 Å². The molecule has 710 valence electrons. The number of hydrogen-bond donors (Lipinski definition) is 20. The highest BCUT2D eigenvalue weighted by Gasteiger charge is 2.41. The first-order valence-corrected chi connectivity index (χ1v) is 45.0. The zero-order valence-electron chi connectivity index (χ0n) is 72.8. The normalized spacial score (nSPS) is 15.0. The van der Waals surface area contributed by atoms with E-state index in [9.17, 15) is 102 Å². The molecule has 1 unspecified atom stereocenters. The zero-order valence-corrected chi connectivity index (χ0v) is 75.2. The van der Waals surface area contributed by atoms with Gasteiger partial charge in [-0.3, -0.25) is 87.8 Å². The second-order valence-electron chi connectivity index (χ2n) is 31.0. The van der Waals surface area contributed by atoms with Gasteiger partial charge in [-0.05, 0) is 119 Å².